The Labute approximate surface area is 128 Å². The van der Waals surface area contributed by atoms with Gasteiger partial charge in [-0.1, -0.05) is 43.3 Å². The highest BCUT2D eigenvalue weighted by Gasteiger charge is 2.02. The van der Waals surface area contributed by atoms with Gasteiger partial charge in [-0.15, -0.1) is 12.4 Å². The molecule has 0 aromatic heterocycles. The third-order valence-corrected chi connectivity index (χ3v) is 3.29. The van der Waals surface area contributed by atoms with Gasteiger partial charge in [-0.3, -0.25) is 4.90 Å². The molecule has 0 aliphatic rings. The van der Waals surface area contributed by atoms with Gasteiger partial charge in [-0.05, 0) is 42.3 Å². The summed E-state index contributed by atoms with van der Waals surface area (Å²) in [7, 11) is 2.14. The van der Waals surface area contributed by atoms with E-state index in [-0.39, 0.29) is 12.4 Å². The summed E-state index contributed by atoms with van der Waals surface area (Å²) >= 11 is 0. The molecule has 2 rings (SSSR count). The number of hydrogen-bond acceptors (Lipinski definition) is 2. The van der Waals surface area contributed by atoms with E-state index in [0.717, 1.165) is 25.2 Å². The lowest BCUT2D eigenvalue weighted by molar-refractivity contribution is 0.319. The summed E-state index contributed by atoms with van der Waals surface area (Å²) < 4.78 is 0. The predicted molar refractivity (Wildman–Crippen MR) is 89.1 cm³/mol. The van der Waals surface area contributed by atoms with Gasteiger partial charge < -0.3 is 5.73 Å². The Bertz CT molecular complexity index is 523. The molecule has 108 valence electrons. The minimum absolute atomic E-state index is 0. The monoisotopic (exact) mass is 290 g/mol. The Balaban J connectivity index is 0.00000200. The summed E-state index contributed by atoms with van der Waals surface area (Å²) in [4.78, 5) is 2.30. The van der Waals surface area contributed by atoms with E-state index in [1.165, 1.54) is 16.7 Å². The Kier molecular flexibility index (Phi) is 6.56. The fourth-order valence-corrected chi connectivity index (χ4v) is 2.25. The van der Waals surface area contributed by atoms with E-state index >= 15 is 0 Å². The van der Waals surface area contributed by atoms with Crippen molar-refractivity contribution in [3.05, 3.63) is 65.2 Å². The van der Waals surface area contributed by atoms with Crippen LogP contribution in [0.3, 0.4) is 0 Å². The van der Waals surface area contributed by atoms with Crippen molar-refractivity contribution in [2.24, 2.45) is 0 Å². The summed E-state index contributed by atoms with van der Waals surface area (Å²) in [5, 5.41) is 0. The van der Waals surface area contributed by atoms with Crippen molar-refractivity contribution in [2.45, 2.75) is 26.4 Å². The molecule has 2 N–H and O–H groups in total. The number of nitrogen functional groups attached to an aromatic ring is 1. The van der Waals surface area contributed by atoms with Crippen molar-refractivity contribution >= 4 is 18.1 Å². The van der Waals surface area contributed by atoms with Crippen LogP contribution in [-0.4, -0.2) is 11.9 Å². The van der Waals surface area contributed by atoms with Crippen molar-refractivity contribution in [1.29, 1.82) is 0 Å². The van der Waals surface area contributed by atoms with Gasteiger partial charge in [-0.2, -0.15) is 0 Å². The SMILES string of the molecule is CCc1ccc(CN(C)Cc2cccc(N)c2)cc1.Cl. The van der Waals surface area contributed by atoms with Crippen LogP contribution < -0.4 is 5.73 Å². The Morgan fingerprint density at radius 3 is 2.10 bits per heavy atom. The third-order valence-electron chi connectivity index (χ3n) is 3.29. The highest BCUT2D eigenvalue weighted by molar-refractivity contribution is 5.85. The van der Waals surface area contributed by atoms with Crippen molar-refractivity contribution < 1.29 is 0 Å². The molecule has 3 heteroatoms. The maximum atomic E-state index is 5.80. The van der Waals surface area contributed by atoms with Gasteiger partial charge in [0.1, 0.15) is 0 Å². The second-order valence-electron chi connectivity index (χ2n) is 5.09. The minimum Gasteiger partial charge on any atom is -0.399 e. The number of rotatable bonds is 5. The second-order valence-corrected chi connectivity index (χ2v) is 5.09. The van der Waals surface area contributed by atoms with Gasteiger partial charge in [0.05, 0.1) is 0 Å². The first kappa shape index (κ1) is 16.5. The number of nitrogens with zero attached hydrogens (tertiary/aromatic N) is 1. The van der Waals surface area contributed by atoms with Crippen LogP contribution in [0.15, 0.2) is 48.5 Å². The van der Waals surface area contributed by atoms with E-state index in [9.17, 15) is 0 Å². The van der Waals surface area contributed by atoms with Crippen LogP contribution in [0.5, 0.6) is 0 Å². The summed E-state index contributed by atoms with van der Waals surface area (Å²) in [5.41, 5.74) is 10.6. The van der Waals surface area contributed by atoms with Crippen molar-refractivity contribution in [1.82, 2.24) is 4.90 Å². The maximum absolute atomic E-state index is 5.80. The van der Waals surface area contributed by atoms with E-state index in [1.807, 2.05) is 18.2 Å². The number of nitrogens with two attached hydrogens (primary N) is 1. The molecule has 0 unspecified atom stereocenters. The maximum Gasteiger partial charge on any atom is 0.0317 e. The quantitative estimate of drug-likeness (QED) is 0.847. The molecular formula is C17H23ClN2. The van der Waals surface area contributed by atoms with Gasteiger partial charge in [0.15, 0.2) is 0 Å². The molecule has 0 amide bonds. The summed E-state index contributed by atoms with van der Waals surface area (Å²) in [6.45, 7) is 4.06. The van der Waals surface area contributed by atoms with Gasteiger partial charge in [0.2, 0.25) is 0 Å². The Morgan fingerprint density at radius 2 is 1.50 bits per heavy atom. The van der Waals surface area contributed by atoms with E-state index in [0.29, 0.717) is 0 Å². The first-order chi connectivity index (χ1) is 9.17. The molecule has 0 spiro atoms. The van der Waals surface area contributed by atoms with E-state index in [4.69, 9.17) is 5.73 Å². The summed E-state index contributed by atoms with van der Waals surface area (Å²) in [6.07, 6.45) is 1.10. The zero-order valence-corrected chi connectivity index (χ0v) is 13.0. The van der Waals surface area contributed by atoms with Gasteiger partial charge >= 0.3 is 0 Å². The van der Waals surface area contributed by atoms with Crippen LogP contribution >= 0.6 is 12.4 Å². The molecule has 2 aromatic carbocycles. The summed E-state index contributed by atoms with van der Waals surface area (Å²) in [6, 6.07) is 16.9. The second kappa shape index (κ2) is 7.93. The Morgan fingerprint density at radius 1 is 0.900 bits per heavy atom. The van der Waals surface area contributed by atoms with E-state index in [2.05, 4.69) is 49.2 Å². The normalized spacial score (nSPS) is 10.3. The zero-order chi connectivity index (χ0) is 13.7. The molecule has 2 aromatic rings. The van der Waals surface area contributed by atoms with Gasteiger partial charge in [0.25, 0.3) is 0 Å². The minimum atomic E-state index is 0. The lowest BCUT2D eigenvalue weighted by Crippen LogP contribution is -2.17. The average Bonchev–Trinajstić information content (AvgIpc) is 2.39. The molecule has 0 aliphatic heterocycles. The van der Waals surface area contributed by atoms with Crippen molar-refractivity contribution in [3.63, 3.8) is 0 Å². The smallest absolute Gasteiger partial charge is 0.0317 e. The Hall–Kier alpha value is -1.51. The van der Waals surface area contributed by atoms with Gasteiger partial charge in [-0.25, -0.2) is 0 Å². The van der Waals surface area contributed by atoms with Crippen LogP contribution in [0.1, 0.15) is 23.6 Å². The highest BCUT2D eigenvalue weighted by atomic mass is 35.5. The number of benzene rings is 2. The molecule has 0 fully saturated rings. The molecule has 0 saturated carbocycles. The van der Waals surface area contributed by atoms with Crippen molar-refractivity contribution in [2.75, 3.05) is 12.8 Å². The molecule has 20 heavy (non-hydrogen) atoms. The molecule has 0 atom stereocenters. The molecule has 0 heterocycles. The van der Waals surface area contributed by atoms with E-state index < -0.39 is 0 Å². The van der Waals surface area contributed by atoms with Crippen molar-refractivity contribution in [3.8, 4) is 0 Å². The molecule has 0 bridgehead atoms. The molecule has 0 aliphatic carbocycles. The lowest BCUT2D eigenvalue weighted by atomic mass is 10.1. The fraction of sp³-hybridized carbons (Fsp3) is 0.294. The molecule has 0 saturated heterocycles. The van der Waals surface area contributed by atoms with E-state index in [1.54, 1.807) is 0 Å². The number of halogens is 1. The average molecular weight is 291 g/mol. The lowest BCUT2D eigenvalue weighted by Gasteiger charge is -2.17. The van der Waals surface area contributed by atoms with Crippen LogP contribution in [0.25, 0.3) is 0 Å². The number of hydrogen-bond donors (Lipinski definition) is 1. The molecule has 2 nitrogen and oxygen atoms in total. The zero-order valence-electron chi connectivity index (χ0n) is 12.2. The number of anilines is 1. The third kappa shape index (κ3) is 4.87. The summed E-state index contributed by atoms with van der Waals surface area (Å²) in [5.74, 6) is 0. The van der Waals surface area contributed by atoms with Crippen LogP contribution in [0.4, 0.5) is 5.69 Å². The fourth-order valence-electron chi connectivity index (χ4n) is 2.25. The van der Waals surface area contributed by atoms with Crippen LogP contribution in [0.2, 0.25) is 0 Å². The predicted octanol–water partition coefficient (Wildman–Crippen LogP) is 3.89. The standard InChI is InChI=1S/C17H22N2.ClH/c1-3-14-7-9-15(10-8-14)12-19(2)13-16-5-4-6-17(18)11-16;/h4-11H,3,12-13,18H2,1-2H3;1H. The first-order valence-electron chi connectivity index (χ1n) is 6.78. The van der Waals surface area contributed by atoms with Crippen LogP contribution in [0, 0.1) is 0 Å². The topological polar surface area (TPSA) is 29.3 Å². The number of aryl methyl sites for hydroxylation is 1. The first-order valence-corrected chi connectivity index (χ1v) is 6.78. The molecular weight excluding hydrogens is 268 g/mol. The largest absolute Gasteiger partial charge is 0.399 e. The van der Waals surface area contributed by atoms with Crippen LogP contribution in [-0.2, 0) is 19.5 Å². The molecule has 0 radical (unpaired) electrons. The van der Waals surface area contributed by atoms with Gasteiger partial charge in [0, 0.05) is 18.8 Å². The highest BCUT2D eigenvalue weighted by Crippen LogP contribution is 2.12.